The first-order valence-corrected chi connectivity index (χ1v) is 9.90. The Balaban J connectivity index is 0.00000225. The van der Waals surface area contributed by atoms with Gasteiger partial charge in [-0.3, -0.25) is 9.00 Å². The fourth-order valence-corrected chi connectivity index (χ4v) is 4.41. The second-order valence-corrected chi connectivity index (χ2v) is 9.21. The van der Waals surface area contributed by atoms with Crippen LogP contribution in [0.5, 0.6) is 0 Å². The van der Waals surface area contributed by atoms with Gasteiger partial charge < -0.3 is 15.1 Å². The van der Waals surface area contributed by atoms with Crippen LogP contribution < -0.4 is 0 Å². The van der Waals surface area contributed by atoms with Gasteiger partial charge in [-0.25, -0.2) is 4.98 Å². The molecule has 1 atom stereocenters. The number of carbonyl (C=O) groups is 1. The van der Waals surface area contributed by atoms with Gasteiger partial charge in [-0.05, 0) is 50.2 Å². The van der Waals surface area contributed by atoms with Crippen molar-refractivity contribution in [1.82, 2.24) is 9.88 Å². The maximum atomic E-state index is 12.8. The third-order valence-corrected chi connectivity index (χ3v) is 6.21. The van der Waals surface area contributed by atoms with Crippen molar-refractivity contribution in [3.05, 3.63) is 23.4 Å². The van der Waals surface area contributed by atoms with Gasteiger partial charge in [0.15, 0.2) is 0 Å². The lowest BCUT2D eigenvalue weighted by atomic mass is 10.1. The minimum atomic E-state index is -1.17. The molecule has 0 spiro atoms. The molecule has 25 heavy (non-hydrogen) atoms. The molecule has 1 unspecified atom stereocenters. The van der Waals surface area contributed by atoms with E-state index in [0.29, 0.717) is 34.9 Å². The molecular formula is C18H28N2O4S. The third kappa shape index (κ3) is 4.27. The zero-order valence-corrected chi connectivity index (χ0v) is 16.2. The normalized spacial score (nSPS) is 20.4. The summed E-state index contributed by atoms with van der Waals surface area (Å²) in [6, 6.07) is 3.73. The van der Waals surface area contributed by atoms with E-state index in [4.69, 9.17) is 4.74 Å². The average Bonchev–Trinajstić information content (AvgIpc) is 3.28. The zero-order valence-electron chi connectivity index (χ0n) is 15.4. The second-order valence-electron chi connectivity index (χ2n) is 7.79. The van der Waals surface area contributed by atoms with Gasteiger partial charge >= 0.3 is 0 Å². The van der Waals surface area contributed by atoms with Crippen LogP contribution in [0.2, 0.25) is 0 Å². The minimum absolute atomic E-state index is 0. The van der Waals surface area contributed by atoms with E-state index in [1.807, 2.05) is 33.8 Å². The number of nitrogens with zero attached hydrogens (tertiary/aromatic N) is 2. The molecule has 1 aromatic rings. The first-order valence-electron chi connectivity index (χ1n) is 8.58. The third-order valence-electron chi connectivity index (χ3n) is 4.48. The maximum Gasteiger partial charge on any atom is 0.274 e. The molecule has 0 radical (unpaired) electrons. The van der Waals surface area contributed by atoms with Crippen LogP contribution in [0.1, 0.15) is 62.5 Å². The SMILES string of the molecule is CC(C)CS(=O)c1nc(C(=O)N2COCC2(C)C)ccc1C1CC1.O. The summed E-state index contributed by atoms with van der Waals surface area (Å²) >= 11 is 0. The van der Waals surface area contributed by atoms with E-state index < -0.39 is 10.8 Å². The zero-order chi connectivity index (χ0) is 17.5. The van der Waals surface area contributed by atoms with Crippen molar-refractivity contribution in [2.45, 2.75) is 57.0 Å². The van der Waals surface area contributed by atoms with Crippen molar-refractivity contribution >= 4 is 16.7 Å². The Kier molecular flexibility index (Phi) is 6.01. The van der Waals surface area contributed by atoms with Gasteiger partial charge in [0.2, 0.25) is 0 Å². The highest BCUT2D eigenvalue weighted by atomic mass is 32.2. The molecule has 6 nitrogen and oxygen atoms in total. The largest absolute Gasteiger partial charge is 0.412 e. The number of amides is 1. The van der Waals surface area contributed by atoms with E-state index >= 15 is 0 Å². The number of ether oxygens (including phenoxy) is 1. The van der Waals surface area contributed by atoms with E-state index in [2.05, 4.69) is 4.98 Å². The topological polar surface area (TPSA) is 91.0 Å². The monoisotopic (exact) mass is 368 g/mol. The summed E-state index contributed by atoms with van der Waals surface area (Å²) in [6.07, 6.45) is 2.24. The number of aromatic nitrogens is 1. The Morgan fingerprint density at radius 3 is 2.60 bits per heavy atom. The summed E-state index contributed by atoms with van der Waals surface area (Å²) in [5.41, 5.74) is 1.08. The van der Waals surface area contributed by atoms with E-state index in [0.717, 1.165) is 18.4 Å². The predicted octanol–water partition coefficient (Wildman–Crippen LogP) is 2.11. The Hall–Kier alpha value is -1.31. The van der Waals surface area contributed by atoms with Crippen molar-refractivity contribution in [2.24, 2.45) is 5.92 Å². The standard InChI is InChI=1S/C18H26N2O3S.H2O/c1-12(2)9-24(22)16-14(13-5-6-13)7-8-15(19-16)17(21)20-11-23-10-18(20,3)4;/h7-8,12-13H,5-6,9-11H2,1-4H3;1H2. The lowest BCUT2D eigenvalue weighted by molar-refractivity contribution is 0.0598. The molecule has 1 amide bonds. The highest BCUT2D eigenvalue weighted by Gasteiger charge is 2.38. The highest BCUT2D eigenvalue weighted by molar-refractivity contribution is 7.85. The fourth-order valence-electron chi connectivity index (χ4n) is 2.95. The van der Waals surface area contributed by atoms with Crippen LogP contribution in [0.4, 0.5) is 0 Å². The van der Waals surface area contributed by atoms with Crippen molar-refractivity contribution < 1.29 is 19.2 Å². The lowest BCUT2D eigenvalue weighted by Crippen LogP contribution is -2.44. The molecule has 2 heterocycles. The van der Waals surface area contributed by atoms with Gasteiger partial charge in [0.25, 0.3) is 5.91 Å². The molecule has 0 aromatic carbocycles. The molecule has 2 N–H and O–H groups in total. The van der Waals surface area contributed by atoms with E-state index in [-0.39, 0.29) is 23.7 Å². The molecule has 3 rings (SSSR count). The first-order chi connectivity index (χ1) is 11.3. The van der Waals surface area contributed by atoms with Crippen LogP contribution in [0, 0.1) is 5.92 Å². The van der Waals surface area contributed by atoms with Gasteiger partial charge in [0.1, 0.15) is 17.5 Å². The molecule has 2 aliphatic rings. The van der Waals surface area contributed by atoms with Crippen LogP contribution in [0.25, 0.3) is 0 Å². The van der Waals surface area contributed by atoms with Gasteiger partial charge in [-0.15, -0.1) is 0 Å². The molecule has 1 aliphatic heterocycles. The first kappa shape index (κ1) is 20.0. The molecule has 7 heteroatoms. The number of hydrogen-bond acceptors (Lipinski definition) is 4. The molecule has 2 fully saturated rings. The van der Waals surface area contributed by atoms with Gasteiger partial charge in [-0.1, -0.05) is 19.9 Å². The van der Waals surface area contributed by atoms with Gasteiger partial charge in [-0.2, -0.15) is 0 Å². The van der Waals surface area contributed by atoms with Gasteiger partial charge in [0, 0.05) is 5.75 Å². The average molecular weight is 368 g/mol. The second kappa shape index (κ2) is 7.51. The fraction of sp³-hybridized carbons (Fsp3) is 0.667. The maximum absolute atomic E-state index is 12.8. The molecule has 1 saturated carbocycles. The van der Waals surface area contributed by atoms with Crippen molar-refractivity contribution in [3.63, 3.8) is 0 Å². The van der Waals surface area contributed by atoms with Crippen LogP contribution in [-0.2, 0) is 15.5 Å². The Morgan fingerprint density at radius 1 is 1.40 bits per heavy atom. The van der Waals surface area contributed by atoms with Crippen molar-refractivity contribution in [3.8, 4) is 0 Å². The number of hydrogen-bond donors (Lipinski definition) is 0. The number of rotatable bonds is 5. The molecule has 1 aromatic heterocycles. The molecule has 1 saturated heterocycles. The highest BCUT2D eigenvalue weighted by Crippen LogP contribution is 2.42. The van der Waals surface area contributed by atoms with E-state index in [9.17, 15) is 9.00 Å². The van der Waals surface area contributed by atoms with E-state index in [1.54, 1.807) is 11.0 Å². The summed E-state index contributed by atoms with van der Waals surface area (Å²) < 4.78 is 18.2. The number of pyridine rings is 1. The van der Waals surface area contributed by atoms with Crippen molar-refractivity contribution in [1.29, 1.82) is 0 Å². The van der Waals surface area contributed by atoms with Crippen LogP contribution in [0.15, 0.2) is 17.2 Å². The Morgan fingerprint density at radius 2 is 2.08 bits per heavy atom. The minimum Gasteiger partial charge on any atom is -0.412 e. The smallest absolute Gasteiger partial charge is 0.274 e. The molecular weight excluding hydrogens is 340 g/mol. The quantitative estimate of drug-likeness (QED) is 0.796. The van der Waals surface area contributed by atoms with Crippen LogP contribution in [-0.4, -0.2) is 50.1 Å². The summed E-state index contributed by atoms with van der Waals surface area (Å²) in [7, 11) is -1.17. The Bertz CT molecular complexity index is 671. The van der Waals surface area contributed by atoms with E-state index in [1.165, 1.54) is 0 Å². The number of carbonyl (C=O) groups excluding carboxylic acids is 1. The van der Waals surface area contributed by atoms with Crippen molar-refractivity contribution in [2.75, 3.05) is 19.1 Å². The molecule has 140 valence electrons. The molecule has 1 aliphatic carbocycles. The lowest BCUT2D eigenvalue weighted by Gasteiger charge is -2.28. The molecule has 0 bridgehead atoms. The summed E-state index contributed by atoms with van der Waals surface area (Å²) in [6.45, 7) is 8.86. The summed E-state index contributed by atoms with van der Waals surface area (Å²) in [5.74, 6) is 1.20. The predicted molar refractivity (Wildman–Crippen MR) is 97.0 cm³/mol. The van der Waals surface area contributed by atoms with Crippen LogP contribution in [0.3, 0.4) is 0 Å². The Labute approximate surface area is 151 Å². The summed E-state index contributed by atoms with van der Waals surface area (Å²) in [5, 5.41) is 0.606. The van der Waals surface area contributed by atoms with Crippen LogP contribution >= 0.6 is 0 Å². The summed E-state index contributed by atoms with van der Waals surface area (Å²) in [4.78, 5) is 19.1. The van der Waals surface area contributed by atoms with Gasteiger partial charge in [0.05, 0.1) is 22.9 Å².